The number of aliphatic imine (C=N–C) groups is 2. The van der Waals surface area contributed by atoms with Gasteiger partial charge in [-0.3, -0.25) is 4.99 Å². The molecule has 0 amide bonds. The topological polar surface area (TPSA) is 24.7 Å². The summed E-state index contributed by atoms with van der Waals surface area (Å²) in [5, 5.41) is 2.57. The minimum absolute atomic E-state index is 0.0940. The van der Waals surface area contributed by atoms with Gasteiger partial charge in [0, 0.05) is 31.7 Å². The molecule has 2 atom stereocenters. The van der Waals surface area contributed by atoms with E-state index in [-0.39, 0.29) is 12.0 Å². The van der Waals surface area contributed by atoms with E-state index in [1.54, 1.807) is 0 Å². The summed E-state index contributed by atoms with van der Waals surface area (Å²) in [5.41, 5.74) is 13.8. The highest BCUT2D eigenvalue weighted by Gasteiger charge is 2.47. The van der Waals surface area contributed by atoms with Crippen LogP contribution >= 0.6 is 11.3 Å². The number of nitrogens with zero attached hydrogens (tertiary/aromatic N) is 2. The molecule has 11 rings (SSSR count). The Balaban J connectivity index is 1.26. The maximum Gasteiger partial charge on any atom is 0.156 e. The molecule has 8 aromatic carbocycles. The van der Waals surface area contributed by atoms with Crippen molar-refractivity contribution in [1.82, 2.24) is 0 Å². The van der Waals surface area contributed by atoms with Crippen LogP contribution in [0, 0.1) is 5.92 Å². The highest BCUT2D eigenvalue weighted by molar-refractivity contribution is 7.25. The first-order chi connectivity index (χ1) is 28.7. The lowest BCUT2D eigenvalue weighted by molar-refractivity contribution is 0.532. The van der Waals surface area contributed by atoms with Gasteiger partial charge in [0.05, 0.1) is 17.2 Å². The zero-order valence-corrected chi connectivity index (χ0v) is 33.0. The normalized spacial score (nSPS) is 16.8. The van der Waals surface area contributed by atoms with E-state index in [9.17, 15) is 0 Å². The molecule has 2 aliphatic rings. The molecule has 1 unspecified atom stereocenters. The fourth-order valence-electron chi connectivity index (χ4n) is 9.79. The molecular weight excluding hydrogens is 721 g/mol. The third kappa shape index (κ3) is 5.38. The van der Waals surface area contributed by atoms with Gasteiger partial charge in [-0.15, -0.1) is 11.3 Å². The highest BCUT2D eigenvalue weighted by atomic mass is 32.1. The summed E-state index contributed by atoms with van der Waals surface area (Å²) in [7, 11) is 0. The largest absolute Gasteiger partial charge is 0.257 e. The van der Waals surface area contributed by atoms with Crippen LogP contribution in [0.25, 0.3) is 42.4 Å². The fraction of sp³-hybridized carbons (Fsp3) is 0.0909. The first kappa shape index (κ1) is 34.6. The van der Waals surface area contributed by atoms with Crippen LogP contribution in [0.4, 0.5) is 0 Å². The molecule has 0 saturated heterocycles. The molecule has 9 aromatic rings. The van der Waals surface area contributed by atoms with Crippen molar-refractivity contribution in [2.24, 2.45) is 15.9 Å². The summed E-state index contributed by atoms with van der Waals surface area (Å²) in [6.45, 7) is 2.27. The minimum atomic E-state index is -0.554. The molecule has 0 fully saturated rings. The highest BCUT2D eigenvalue weighted by Crippen LogP contribution is 2.57. The molecule has 3 heteroatoms. The molecule has 1 aromatic heterocycles. The predicted molar refractivity (Wildman–Crippen MR) is 245 cm³/mol. The number of thiophene rings is 1. The lowest BCUT2D eigenvalue weighted by Crippen LogP contribution is -2.30. The summed E-state index contributed by atoms with van der Waals surface area (Å²) in [5.74, 6) is 0.897. The molecule has 0 N–H and O–H groups in total. The smallest absolute Gasteiger partial charge is 0.156 e. The Morgan fingerprint density at radius 2 is 1.10 bits per heavy atom. The molecule has 0 bridgehead atoms. The van der Waals surface area contributed by atoms with Gasteiger partial charge in [-0.1, -0.05) is 177 Å². The van der Waals surface area contributed by atoms with E-state index >= 15 is 0 Å². The van der Waals surface area contributed by atoms with Gasteiger partial charge in [-0.2, -0.15) is 0 Å². The van der Waals surface area contributed by atoms with Gasteiger partial charge in [0.25, 0.3) is 0 Å². The Kier molecular flexibility index (Phi) is 8.37. The van der Waals surface area contributed by atoms with Crippen molar-refractivity contribution in [3.8, 4) is 22.3 Å². The van der Waals surface area contributed by atoms with Gasteiger partial charge in [0.15, 0.2) is 5.84 Å². The van der Waals surface area contributed by atoms with E-state index in [0.29, 0.717) is 0 Å². The van der Waals surface area contributed by atoms with Gasteiger partial charge in [0.2, 0.25) is 0 Å². The summed E-state index contributed by atoms with van der Waals surface area (Å²) in [6, 6.07) is 73.3. The van der Waals surface area contributed by atoms with Crippen LogP contribution < -0.4 is 0 Å². The Labute approximate surface area is 343 Å². The lowest BCUT2D eigenvalue weighted by atomic mass is 9.67. The van der Waals surface area contributed by atoms with Crippen molar-refractivity contribution in [2.45, 2.75) is 24.8 Å². The molecule has 2 nitrogen and oxygen atoms in total. The van der Waals surface area contributed by atoms with Gasteiger partial charge >= 0.3 is 0 Å². The quantitative estimate of drug-likeness (QED) is 0.155. The van der Waals surface area contributed by atoms with E-state index in [4.69, 9.17) is 9.98 Å². The number of amidine groups is 1. The second-order valence-electron chi connectivity index (χ2n) is 15.5. The summed E-state index contributed by atoms with van der Waals surface area (Å²) < 4.78 is 2.60. The zero-order chi connectivity index (χ0) is 38.6. The second-order valence-corrected chi connectivity index (χ2v) is 16.5. The van der Waals surface area contributed by atoms with E-state index in [0.717, 1.165) is 40.2 Å². The number of hydrogen-bond acceptors (Lipinski definition) is 3. The molecular formula is C55H40N2S. The Morgan fingerprint density at radius 3 is 1.83 bits per heavy atom. The maximum absolute atomic E-state index is 5.74. The van der Waals surface area contributed by atoms with Gasteiger partial charge in [-0.25, -0.2) is 4.99 Å². The second kappa shape index (κ2) is 14.1. The van der Waals surface area contributed by atoms with Crippen molar-refractivity contribution in [3.63, 3.8) is 0 Å². The molecule has 58 heavy (non-hydrogen) atoms. The van der Waals surface area contributed by atoms with E-state index in [1.165, 1.54) is 59.1 Å². The molecule has 276 valence electrons. The van der Waals surface area contributed by atoms with Crippen LogP contribution in [0.2, 0.25) is 0 Å². The summed E-state index contributed by atoms with van der Waals surface area (Å²) >= 11 is 1.86. The predicted octanol–water partition coefficient (Wildman–Crippen LogP) is 14.1. The fourth-order valence-corrected chi connectivity index (χ4v) is 10.9. The monoisotopic (exact) mass is 760 g/mol. The zero-order valence-electron chi connectivity index (χ0n) is 32.2. The molecule has 1 aliphatic heterocycles. The van der Waals surface area contributed by atoms with Crippen molar-refractivity contribution in [1.29, 1.82) is 0 Å². The van der Waals surface area contributed by atoms with Crippen LogP contribution in [0.1, 0.15) is 58.3 Å². The average molecular weight is 761 g/mol. The lowest BCUT2D eigenvalue weighted by Gasteiger charge is -2.34. The Bertz CT molecular complexity index is 3000. The molecule has 2 heterocycles. The molecule has 0 radical (unpaired) electrons. The Hall–Kier alpha value is -6.68. The third-order valence-electron chi connectivity index (χ3n) is 12.4. The number of benzene rings is 8. The molecule has 0 saturated carbocycles. The standard InChI is InChI=1S/C55H40N2S/c1-2-41-52(36-19-7-3-8-20-36)56-54(57-53(41)37-21-9-4-10-22-37)47-35-49-45(34-44(47)38-31-32-51-46(33-38)43-28-16-18-30-50(43)58-51)42-27-15-17-29-48(42)55(49,39-23-11-5-12-24-39)40-25-13-6-14-26-40/h3-35,41,52H,2H2,1H3/t41-,52?/m0/s1. The number of hydrogen-bond donors (Lipinski definition) is 0. The van der Waals surface area contributed by atoms with Gasteiger partial charge in [0.1, 0.15) is 0 Å². The van der Waals surface area contributed by atoms with Gasteiger partial charge < -0.3 is 0 Å². The average Bonchev–Trinajstić information content (AvgIpc) is 3.82. The first-order valence-corrected chi connectivity index (χ1v) is 21.1. The first-order valence-electron chi connectivity index (χ1n) is 20.3. The molecule has 0 spiro atoms. The van der Waals surface area contributed by atoms with Crippen LogP contribution in [0.15, 0.2) is 210 Å². The van der Waals surface area contributed by atoms with E-state index < -0.39 is 5.41 Å². The van der Waals surface area contributed by atoms with Gasteiger partial charge in [-0.05, 0) is 92.4 Å². The SMILES string of the molecule is CC[C@@H]1C(c2ccccc2)=NC(c2cc3c(cc2-c2ccc4sc5ccccc5c4c2)-c2ccccc2C3(c2ccccc2)c2ccccc2)=NC1c1ccccc1. The number of fused-ring (bicyclic) bond motifs is 6. The minimum Gasteiger partial charge on any atom is -0.257 e. The van der Waals surface area contributed by atoms with Crippen molar-refractivity contribution in [2.75, 3.05) is 0 Å². The van der Waals surface area contributed by atoms with Crippen LogP contribution in [-0.2, 0) is 5.41 Å². The van der Waals surface area contributed by atoms with Crippen LogP contribution in [0.5, 0.6) is 0 Å². The summed E-state index contributed by atoms with van der Waals surface area (Å²) in [6.07, 6.45) is 0.920. The maximum atomic E-state index is 5.74. The van der Waals surface area contributed by atoms with Crippen molar-refractivity contribution >= 4 is 43.1 Å². The van der Waals surface area contributed by atoms with E-state index in [1.807, 2.05) is 11.3 Å². The van der Waals surface area contributed by atoms with E-state index in [2.05, 4.69) is 207 Å². The van der Waals surface area contributed by atoms with Crippen LogP contribution in [0.3, 0.4) is 0 Å². The third-order valence-corrected chi connectivity index (χ3v) is 13.5. The Morgan fingerprint density at radius 1 is 0.483 bits per heavy atom. The number of rotatable bonds is 7. The molecule has 1 aliphatic carbocycles. The van der Waals surface area contributed by atoms with Crippen LogP contribution in [-0.4, -0.2) is 11.5 Å². The summed E-state index contributed by atoms with van der Waals surface area (Å²) in [4.78, 5) is 11.4. The van der Waals surface area contributed by atoms with Crippen molar-refractivity contribution in [3.05, 3.63) is 239 Å². The van der Waals surface area contributed by atoms with Crippen molar-refractivity contribution < 1.29 is 0 Å².